The van der Waals surface area contributed by atoms with Crippen molar-refractivity contribution in [2.24, 2.45) is 5.92 Å². The number of nitrogens with zero attached hydrogens (tertiary/aromatic N) is 3. The number of hydrogen-bond acceptors (Lipinski definition) is 7. The van der Waals surface area contributed by atoms with Gasteiger partial charge in [0.1, 0.15) is 0 Å². The third kappa shape index (κ3) is 4.51. The van der Waals surface area contributed by atoms with Crippen molar-refractivity contribution in [3.63, 3.8) is 0 Å². The van der Waals surface area contributed by atoms with Gasteiger partial charge < -0.3 is 20.5 Å². The number of rotatable bonds is 5. The summed E-state index contributed by atoms with van der Waals surface area (Å²) < 4.78 is 10.8. The first-order valence-electron chi connectivity index (χ1n) is 6.63. The van der Waals surface area contributed by atoms with Crippen LogP contribution < -0.4 is 15.8 Å². The van der Waals surface area contributed by atoms with Crippen LogP contribution in [0.3, 0.4) is 0 Å². The van der Waals surface area contributed by atoms with Crippen LogP contribution in [0.2, 0.25) is 0 Å². The molecule has 2 rings (SSSR count). The zero-order chi connectivity index (χ0) is 13.7. The molecule has 1 aliphatic heterocycles. The average molecular weight is 267 g/mol. The molecule has 0 saturated carbocycles. The second kappa shape index (κ2) is 6.51. The standard InChI is InChI=1S/C12H21N5O2/c1-8(2)19-12-16-10(13)15-11(17-12)14-6-9-4-3-5-18-7-9/h8-9H,3-7H2,1-2H3,(H3,13,14,15,16,17). The van der Waals surface area contributed by atoms with Gasteiger partial charge in [0.25, 0.3) is 0 Å². The summed E-state index contributed by atoms with van der Waals surface area (Å²) in [7, 11) is 0. The van der Waals surface area contributed by atoms with Gasteiger partial charge in [-0.05, 0) is 32.6 Å². The van der Waals surface area contributed by atoms with Gasteiger partial charge in [-0.3, -0.25) is 0 Å². The van der Waals surface area contributed by atoms with Crippen LogP contribution in [0.15, 0.2) is 0 Å². The summed E-state index contributed by atoms with van der Waals surface area (Å²) in [4.78, 5) is 12.2. The number of nitrogen functional groups attached to an aromatic ring is 1. The van der Waals surface area contributed by atoms with Crippen LogP contribution in [0.1, 0.15) is 26.7 Å². The Morgan fingerprint density at radius 3 is 2.95 bits per heavy atom. The van der Waals surface area contributed by atoms with Crippen LogP contribution in [0.5, 0.6) is 6.01 Å². The maximum Gasteiger partial charge on any atom is 0.323 e. The molecule has 0 spiro atoms. The number of ether oxygens (including phenoxy) is 2. The number of aromatic nitrogens is 3. The van der Waals surface area contributed by atoms with Crippen LogP contribution in [0.25, 0.3) is 0 Å². The Morgan fingerprint density at radius 1 is 1.42 bits per heavy atom. The lowest BCUT2D eigenvalue weighted by atomic mass is 10.0. The van der Waals surface area contributed by atoms with Crippen molar-refractivity contribution in [1.29, 1.82) is 0 Å². The van der Waals surface area contributed by atoms with Crippen LogP contribution >= 0.6 is 0 Å². The molecule has 1 aromatic heterocycles. The van der Waals surface area contributed by atoms with Crippen molar-refractivity contribution < 1.29 is 9.47 Å². The molecule has 0 amide bonds. The average Bonchev–Trinajstić information content (AvgIpc) is 2.36. The highest BCUT2D eigenvalue weighted by molar-refractivity contribution is 5.32. The number of nitrogens with one attached hydrogen (secondary N) is 1. The molecule has 0 radical (unpaired) electrons. The fraction of sp³-hybridized carbons (Fsp3) is 0.750. The van der Waals surface area contributed by atoms with E-state index < -0.39 is 0 Å². The maximum atomic E-state index is 5.64. The summed E-state index contributed by atoms with van der Waals surface area (Å²) >= 11 is 0. The van der Waals surface area contributed by atoms with Gasteiger partial charge in [-0.25, -0.2) is 0 Å². The number of anilines is 2. The number of nitrogens with two attached hydrogens (primary N) is 1. The van der Waals surface area contributed by atoms with Gasteiger partial charge in [-0.15, -0.1) is 0 Å². The van der Waals surface area contributed by atoms with Gasteiger partial charge in [-0.2, -0.15) is 15.0 Å². The van der Waals surface area contributed by atoms with E-state index in [1.807, 2.05) is 13.8 Å². The largest absolute Gasteiger partial charge is 0.461 e. The van der Waals surface area contributed by atoms with Crippen LogP contribution in [-0.2, 0) is 4.74 Å². The third-order valence-corrected chi connectivity index (χ3v) is 2.78. The van der Waals surface area contributed by atoms with E-state index in [4.69, 9.17) is 15.2 Å². The van der Waals surface area contributed by atoms with Crippen molar-refractivity contribution in [2.75, 3.05) is 30.8 Å². The molecule has 1 unspecified atom stereocenters. The van der Waals surface area contributed by atoms with Crippen molar-refractivity contribution in [3.8, 4) is 6.01 Å². The van der Waals surface area contributed by atoms with Gasteiger partial charge in [0.2, 0.25) is 11.9 Å². The Kier molecular flexibility index (Phi) is 4.73. The lowest BCUT2D eigenvalue weighted by Gasteiger charge is -2.22. The molecule has 0 aliphatic carbocycles. The Hall–Kier alpha value is -1.63. The first kappa shape index (κ1) is 13.8. The van der Waals surface area contributed by atoms with Crippen LogP contribution in [0.4, 0.5) is 11.9 Å². The van der Waals surface area contributed by atoms with E-state index in [0.717, 1.165) is 32.6 Å². The van der Waals surface area contributed by atoms with E-state index in [1.165, 1.54) is 0 Å². The minimum absolute atomic E-state index is 0.00129. The van der Waals surface area contributed by atoms with Crippen molar-refractivity contribution in [2.45, 2.75) is 32.8 Å². The Bertz CT molecular complexity index is 407. The summed E-state index contributed by atoms with van der Waals surface area (Å²) in [6, 6.07) is 0.255. The van der Waals surface area contributed by atoms with Crippen LogP contribution in [-0.4, -0.2) is 40.8 Å². The zero-order valence-electron chi connectivity index (χ0n) is 11.4. The predicted molar refractivity (Wildman–Crippen MR) is 72.0 cm³/mol. The first-order chi connectivity index (χ1) is 9.13. The summed E-state index contributed by atoms with van der Waals surface area (Å²) in [5, 5.41) is 3.17. The van der Waals surface area contributed by atoms with E-state index >= 15 is 0 Å². The molecule has 7 nitrogen and oxygen atoms in total. The summed E-state index contributed by atoms with van der Waals surface area (Å²) in [6.45, 7) is 6.23. The summed E-state index contributed by atoms with van der Waals surface area (Å²) in [6.07, 6.45) is 2.26. The highest BCUT2D eigenvalue weighted by Gasteiger charge is 2.14. The summed E-state index contributed by atoms with van der Waals surface area (Å²) in [5.41, 5.74) is 5.64. The van der Waals surface area contributed by atoms with Crippen LogP contribution in [0, 0.1) is 5.92 Å². The number of hydrogen-bond donors (Lipinski definition) is 2. The molecule has 0 bridgehead atoms. The Morgan fingerprint density at radius 2 is 2.26 bits per heavy atom. The molecule has 1 aliphatic rings. The molecule has 2 heterocycles. The first-order valence-corrected chi connectivity index (χ1v) is 6.63. The molecule has 0 aromatic carbocycles. The van der Waals surface area contributed by atoms with Gasteiger partial charge in [-0.1, -0.05) is 0 Å². The van der Waals surface area contributed by atoms with E-state index in [2.05, 4.69) is 20.3 Å². The van der Waals surface area contributed by atoms with E-state index in [9.17, 15) is 0 Å². The van der Waals surface area contributed by atoms with E-state index in [0.29, 0.717) is 11.9 Å². The highest BCUT2D eigenvalue weighted by atomic mass is 16.5. The predicted octanol–water partition coefficient (Wildman–Crippen LogP) is 1.08. The van der Waals surface area contributed by atoms with Gasteiger partial charge >= 0.3 is 6.01 Å². The molecule has 19 heavy (non-hydrogen) atoms. The minimum Gasteiger partial charge on any atom is -0.461 e. The van der Waals surface area contributed by atoms with Gasteiger partial charge in [0, 0.05) is 13.2 Å². The normalized spacial score (nSPS) is 19.4. The minimum atomic E-state index is 0.00129. The fourth-order valence-electron chi connectivity index (χ4n) is 1.92. The molecule has 1 fully saturated rings. The molecule has 1 atom stereocenters. The van der Waals surface area contributed by atoms with Crippen molar-refractivity contribution in [3.05, 3.63) is 0 Å². The smallest absolute Gasteiger partial charge is 0.323 e. The van der Waals surface area contributed by atoms with E-state index in [1.54, 1.807) is 0 Å². The molecule has 1 saturated heterocycles. The highest BCUT2D eigenvalue weighted by Crippen LogP contribution is 2.15. The quantitative estimate of drug-likeness (QED) is 0.824. The molecule has 1 aromatic rings. The maximum absolute atomic E-state index is 5.64. The monoisotopic (exact) mass is 267 g/mol. The lowest BCUT2D eigenvalue weighted by molar-refractivity contribution is 0.0594. The van der Waals surface area contributed by atoms with Crippen molar-refractivity contribution >= 4 is 11.9 Å². The topological polar surface area (TPSA) is 95.2 Å². The molecule has 7 heteroatoms. The second-order valence-electron chi connectivity index (χ2n) is 4.93. The Labute approximate surface area is 112 Å². The van der Waals surface area contributed by atoms with Crippen molar-refractivity contribution in [1.82, 2.24) is 15.0 Å². The zero-order valence-corrected chi connectivity index (χ0v) is 11.4. The summed E-state index contributed by atoms with van der Waals surface area (Å²) in [5.74, 6) is 1.10. The third-order valence-electron chi connectivity index (χ3n) is 2.78. The molecule has 3 N–H and O–H groups in total. The molecule has 106 valence electrons. The Balaban J connectivity index is 1.93. The lowest BCUT2D eigenvalue weighted by Crippen LogP contribution is -2.25. The van der Waals surface area contributed by atoms with E-state index in [-0.39, 0.29) is 18.1 Å². The van der Waals surface area contributed by atoms with Gasteiger partial charge in [0.05, 0.1) is 12.7 Å². The van der Waals surface area contributed by atoms with Gasteiger partial charge in [0.15, 0.2) is 0 Å². The molecular formula is C12H21N5O2. The molecular weight excluding hydrogens is 246 g/mol. The fourth-order valence-corrected chi connectivity index (χ4v) is 1.92. The second-order valence-corrected chi connectivity index (χ2v) is 4.93. The SMILES string of the molecule is CC(C)Oc1nc(N)nc(NCC2CCCOC2)n1.